The maximum absolute atomic E-state index is 9.08. The molecule has 1 aromatic rings. The Balaban J connectivity index is 1.98. The van der Waals surface area contributed by atoms with Gasteiger partial charge in [0.05, 0.1) is 0 Å². The molecule has 0 unspecified atom stereocenters. The van der Waals surface area contributed by atoms with E-state index in [-0.39, 0.29) is 0 Å². The zero-order chi connectivity index (χ0) is 11.8. The molecule has 0 bridgehead atoms. The monoisotopic (exact) mass is 219 g/mol. The van der Waals surface area contributed by atoms with E-state index in [0.29, 0.717) is 10.9 Å². The second-order valence-electron chi connectivity index (χ2n) is 5.43. The van der Waals surface area contributed by atoms with Gasteiger partial charge >= 0.3 is 7.12 Å². The van der Waals surface area contributed by atoms with Gasteiger partial charge in [0.15, 0.2) is 0 Å². The standard InChI is InChI=1S/C12H18BNO2/c1-12(2)8-14(9-12)7-10-4-3-5-11(6-10)13(15)16/h3-6,15-16H,7-9H2,1-2H3. The minimum atomic E-state index is -1.37. The molecule has 2 rings (SSSR count). The Morgan fingerprint density at radius 1 is 1.31 bits per heavy atom. The van der Waals surface area contributed by atoms with Crippen LogP contribution in [0.25, 0.3) is 0 Å². The molecule has 0 atom stereocenters. The second-order valence-corrected chi connectivity index (χ2v) is 5.43. The fourth-order valence-corrected chi connectivity index (χ4v) is 2.39. The molecular weight excluding hydrogens is 201 g/mol. The minimum absolute atomic E-state index is 0.439. The molecule has 1 aromatic carbocycles. The maximum Gasteiger partial charge on any atom is 0.488 e. The number of likely N-dealkylation sites (tertiary alicyclic amines) is 1. The van der Waals surface area contributed by atoms with E-state index in [1.165, 1.54) is 0 Å². The molecular formula is C12H18BNO2. The molecule has 1 fully saturated rings. The molecule has 2 N–H and O–H groups in total. The Bertz CT molecular complexity index is 371. The van der Waals surface area contributed by atoms with E-state index in [1.807, 2.05) is 18.2 Å². The van der Waals surface area contributed by atoms with Crippen LogP contribution in [0.2, 0.25) is 0 Å². The third kappa shape index (κ3) is 2.64. The lowest BCUT2D eigenvalue weighted by Gasteiger charge is -2.46. The first-order valence-corrected chi connectivity index (χ1v) is 5.64. The molecule has 3 nitrogen and oxygen atoms in total. The van der Waals surface area contributed by atoms with Crippen LogP contribution >= 0.6 is 0 Å². The van der Waals surface area contributed by atoms with Gasteiger partial charge in [0.1, 0.15) is 0 Å². The van der Waals surface area contributed by atoms with E-state index in [0.717, 1.165) is 25.2 Å². The Morgan fingerprint density at radius 2 is 2.00 bits per heavy atom. The van der Waals surface area contributed by atoms with E-state index in [2.05, 4.69) is 18.7 Å². The van der Waals surface area contributed by atoms with Gasteiger partial charge < -0.3 is 10.0 Å². The van der Waals surface area contributed by atoms with Gasteiger partial charge in [-0.3, -0.25) is 4.90 Å². The largest absolute Gasteiger partial charge is 0.488 e. The number of nitrogens with zero attached hydrogens (tertiary/aromatic N) is 1. The third-order valence-corrected chi connectivity index (χ3v) is 2.96. The molecule has 86 valence electrons. The number of hydrogen-bond donors (Lipinski definition) is 2. The first kappa shape index (κ1) is 11.6. The Labute approximate surface area is 96.9 Å². The second kappa shape index (κ2) is 4.20. The average molecular weight is 219 g/mol. The Hall–Kier alpha value is -0.835. The van der Waals surface area contributed by atoms with Crippen molar-refractivity contribution in [3.63, 3.8) is 0 Å². The first-order valence-electron chi connectivity index (χ1n) is 5.64. The highest BCUT2D eigenvalue weighted by Gasteiger charge is 2.33. The summed E-state index contributed by atoms with van der Waals surface area (Å²) in [6.45, 7) is 7.64. The first-order chi connectivity index (χ1) is 7.46. The Morgan fingerprint density at radius 3 is 2.56 bits per heavy atom. The van der Waals surface area contributed by atoms with E-state index < -0.39 is 7.12 Å². The summed E-state index contributed by atoms with van der Waals surface area (Å²) in [6, 6.07) is 7.48. The van der Waals surface area contributed by atoms with Crippen LogP contribution in [0.3, 0.4) is 0 Å². The lowest BCUT2D eigenvalue weighted by atomic mass is 9.79. The predicted octanol–water partition coefficient (Wildman–Crippen LogP) is 0.208. The van der Waals surface area contributed by atoms with Crippen molar-refractivity contribution in [2.45, 2.75) is 20.4 Å². The molecule has 16 heavy (non-hydrogen) atoms. The number of hydrogen-bond acceptors (Lipinski definition) is 3. The molecule has 1 aliphatic heterocycles. The molecule has 1 aliphatic rings. The lowest BCUT2D eigenvalue weighted by molar-refractivity contribution is 0.0242. The predicted molar refractivity (Wildman–Crippen MR) is 65.3 cm³/mol. The molecule has 0 spiro atoms. The van der Waals surface area contributed by atoms with Crippen molar-refractivity contribution >= 4 is 12.6 Å². The molecule has 0 saturated carbocycles. The van der Waals surface area contributed by atoms with Crippen LogP contribution in [-0.2, 0) is 6.54 Å². The highest BCUT2D eigenvalue weighted by Crippen LogP contribution is 2.29. The molecule has 0 aromatic heterocycles. The summed E-state index contributed by atoms with van der Waals surface area (Å²) in [4.78, 5) is 2.36. The van der Waals surface area contributed by atoms with Crippen LogP contribution < -0.4 is 5.46 Å². The van der Waals surface area contributed by atoms with Crippen molar-refractivity contribution in [3.8, 4) is 0 Å². The maximum atomic E-state index is 9.08. The van der Waals surface area contributed by atoms with Gasteiger partial charge in [-0.05, 0) is 16.4 Å². The van der Waals surface area contributed by atoms with Crippen LogP contribution in [-0.4, -0.2) is 35.2 Å². The summed E-state index contributed by atoms with van der Waals surface area (Å²) in [7, 11) is -1.37. The van der Waals surface area contributed by atoms with Crippen LogP contribution in [0.5, 0.6) is 0 Å². The van der Waals surface area contributed by atoms with Crippen LogP contribution in [0, 0.1) is 5.41 Å². The van der Waals surface area contributed by atoms with Gasteiger partial charge in [-0.2, -0.15) is 0 Å². The van der Waals surface area contributed by atoms with E-state index >= 15 is 0 Å². The summed E-state index contributed by atoms with van der Waals surface area (Å²) >= 11 is 0. The summed E-state index contributed by atoms with van der Waals surface area (Å²) in [6.07, 6.45) is 0. The van der Waals surface area contributed by atoms with Gasteiger partial charge in [0.25, 0.3) is 0 Å². The van der Waals surface area contributed by atoms with Gasteiger partial charge in [-0.25, -0.2) is 0 Å². The molecule has 4 heteroatoms. The van der Waals surface area contributed by atoms with Crippen molar-refractivity contribution in [2.75, 3.05) is 13.1 Å². The van der Waals surface area contributed by atoms with E-state index in [9.17, 15) is 0 Å². The quantitative estimate of drug-likeness (QED) is 0.714. The fraction of sp³-hybridized carbons (Fsp3) is 0.500. The highest BCUT2D eigenvalue weighted by atomic mass is 16.4. The molecule has 1 saturated heterocycles. The third-order valence-electron chi connectivity index (χ3n) is 2.96. The summed E-state index contributed by atoms with van der Waals surface area (Å²) in [5.74, 6) is 0. The topological polar surface area (TPSA) is 43.7 Å². The van der Waals surface area contributed by atoms with Crippen molar-refractivity contribution in [2.24, 2.45) is 5.41 Å². The van der Waals surface area contributed by atoms with Gasteiger partial charge in [0, 0.05) is 19.6 Å². The smallest absolute Gasteiger partial charge is 0.423 e. The van der Waals surface area contributed by atoms with Gasteiger partial charge in [-0.1, -0.05) is 38.1 Å². The van der Waals surface area contributed by atoms with Crippen LogP contribution in [0.4, 0.5) is 0 Å². The Kier molecular flexibility index (Phi) is 3.06. The van der Waals surface area contributed by atoms with Crippen LogP contribution in [0.1, 0.15) is 19.4 Å². The summed E-state index contributed by atoms with van der Waals surface area (Å²) in [5.41, 5.74) is 2.15. The summed E-state index contributed by atoms with van der Waals surface area (Å²) in [5, 5.41) is 18.2. The van der Waals surface area contributed by atoms with Crippen LogP contribution in [0.15, 0.2) is 24.3 Å². The van der Waals surface area contributed by atoms with Crippen molar-refractivity contribution in [1.29, 1.82) is 0 Å². The normalized spacial score (nSPS) is 19.2. The SMILES string of the molecule is CC1(C)CN(Cc2cccc(B(O)O)c2)C1. The molecule has 0 radical (unpaired) electrons. The molecule has 1 heterocycles. The average Bonchev–Trinajstić information content (AvgIpc) is 2.15. The minimum Gasteiger partial charge on any atom is -0.423 e. The summed E-state index contributed by atoms with van der Waals surface area (Å²) < 4.78 is 0. The molecule has 0 amide bonds. The number of rotatable bonds is 3. The zero-order valence-electron chi connectivity index (χ0n) is 9.85. The van der Waals surface area contributed by atoms with Crippen molar-refractivity contribution < 1.29 is 10.0 Å². The highest BCUT2D eigenvalue weighted by molar-refractivity contribution is 6.58. The van der Waals surface area contributed by atoms with E-state index in [4.69, 9.17) is 10.0 Å². The zero-order valence-corrected chi connectivity index (χ0v) is 9.85. The van der Waals surface area contributed by atoms with Crippen molar-refractivity contribution in [3.05, 3.63) is 29.8 Å². The van der Waals surface area contributed by atoms with Gasteiger partial charge in [0.2, 0.25) is 0 Å². The van der Waals surface area contributed by atoms with E-state index in [1.54, 1.807) is 6.07 Å². The lowest BCUT2D eigenvalue weighted by Crippen LogP contribution is -2.52. The number of benzene rings is 1. The van der Waals surface area contributed by atoms with Gasteiger partial charge in [-0.15, -0.1) is 0 Å². The fourth-order valence-electron chi connectivity index (χ4n) is 2.39. The van der Waals surface area contributed by atoms with Crippen molar-refractivity contribution in [1.82, 2.24) is 4.90 Å². The molecule has 0 aliphatic carbocycles.